The summed E-state index contributed by atoms with van der Waals surface area (Å²) in [4.78, 5) is 29.2. The summed E-state index contributed by atoms with van der Waals surface area (Å²) in [7, 11) is -1.93. The van der Waals surface area contributed by atoms with E-state index < -0.39 is 16.0 Å². The zero-order chi connectivity index (χ0) is 20.5. The molecule has 2 heterocycles. The van der Waals surface area contributed by atoms with Gasteiger partial charge in [-0.2, -0.15) is 4.99 Å². The van der Waals surface area contributed by atoms with Crippen LogP contribution in [0, 0.1) is 5.92 Å². The molecule has 152 valence electrons. The number of ether oxygens (including phenoxy) is 1. The maximum Gasteiger partial charge on any atom is 0.325 e. The Kier molecular flexibility index (Phi) is 6.37. The average Bonchev–Trinajstić information content (AvgIpc) is 2.97. The summed E-state index contributed by atoms with van der Waals surface area (Å²) in [5, 5.41) is 0. The zero-order valence-corrected chi connectivity index (χ0v) is 18.6. The largest absolute Gasteiger partial charge is 0.468 e. The van der Waals surface area contributed by atoms with Gasteiger partial charge >= 0.3 is 5.97 Å². The van der Waals surface area contributed by atoms with E-state index >= 15 is 0 Å². The lowest BCUT2D eigenvalue weighted by atomic mass is 9.98. The van der Waals surface area contributed by atoms with E-state index in [9.17, 15) is 18.0 Å². The van der Waals surface area contributed by atoms with Crippen molar-refractivity contribution in [1.29, 1.82) is 0 Å². The molecule has 1 fully saturated rings. The minimum Gasteiger partial charge on any atom is -0.468 e. The molecule has 0 spiro atoms. The number of sulfonamides is 1. The molecule has 0 bridgehead atoms. The Morgan fingerprint density at radius 2 is 2.00 bits per heavy atom. The standard InChI is InChI=1S/C17H20BrN3O5S2/c1-26-15(22)10-21-13-4-3-12(18)9-14(13)27-17(21)19-16(23)11-5-7-20(8-6-11)28(2,24)25/h3-4,9,11H,5-8,10H2,1-2H3. The van der Waals surface area contributed by atoms with Crippen molar-refractivity contribution < 1.29 is 22.7 Å². The van der Waals surface area contributed by atoms with Gasteiger partial charge in [-0.1, -0.05) is 27.3 Å². The molecule has 0 unspecified atom stereocenters. The van der Waals surface area contributed by atoms with Gasteiger partial charge in [0.1, 0.15) is 6.54 Å². The van der Waals surface area contributed by atoms with Crippen LogP contribution in [0.2, 0.25) is 0 Å². The van der Waals surface area contributed by atoms with Crippen molar-refractivity contribution in [2.75, 3.05) is 26.5 Å². The highest BCUT2D eigenvalue weighted by molar-refractivity contribution is 9.10. The lowest BCUT2D eigenvalue weighted by Crippen LogP contribution is -2.39. The molecule has 11 heteroatoms. The minimum atomic E-state index is -3.24. The summed E-state index contributed by atoms with van der Waals surface area (Å²) in [6, 6.07) is 5.62. The number of nitrogens with zero attached hydrogens (tertiary/aromatic N) is 3. The third-order valence-electron chi connectivity index (χ3n) is 4.64. The first-order valence-corrected chi connectivity index (χ1v) is 12.0. The van der Waals surface area contributed by atoms with Crippen molar-refractivity contribution in [3.63, 3.8) is 0 Å². The number of rotatable bonds is 4. The number of aromatic nitrogens is 1. The fourth-order valence-electron chi connectivity index (χ4n) is 3.10. The predicted octanol–water partition coefficient (Wildman–Crippen LogP) is 1.74. The number of benzene rings is 1. The van der Waals surface area contributed by atoms with Gasteiger partial charge in [0.25, 0.3) is 5.91 Å². The summed E-state index contributed by atoms with van der Waals surface area (Å²) in [5.74, 6) is -1.06. The number of hydrogen-bond donors (Lipinski definition) is 0. The van der Waals surface area contributed by atoms with E-state index in [0.717, 1.165) is 14.7 Å². The molecule has 0 aliphatic carbocycles. The van der Waals surface area contributed by atoms with Gasteiger partial charge in [0, 0.05) is 23.5 Å². The number of hydrogen-bond acceptors (Lipinski definition) is 6. The first kappa shape index (κ1) is 21.2. The van der Waals surface area contributed by atoms with Crippen LogP contribution in [-0.2, 0) is 30.9 Å². The highest BCUT2D eigenvalue weighted by Gasteiger charge is 2.29. The SMILES string of the molecule is COC(=O)Cn1c(=NC(=O)C2CCN(S(C)(=O)=O)CC2)sc2cc(Br)ccc21. The van der Waals surface area contributed by atoms with Crippen LogP contribution in [0.3, 0.4) is 0 Å². The van der Waals surface area contributed by atoms with E-state index in [0.29, 0.717) is 30.7 Å². The molecule has 1 aliphatic heterocycles. The van der Waals surface area contributed by atoms with E-state index in [4.69, 9.17) is 4.74 Å². The van der Waals surface area contributed by atoms with Crippen molar-refractivity contribution in [1.82, 2.24) is 8.87 Å². The predicted molar refractivity (Wildman–Crippen MR) is 109 cm³/mol. The van der Waals surface area contributed by atoms with Crippen LogP contribution < -0.4 is 4.80 Å². The Balaban J connectivity index is 1.91. The van der Waals surface area contributed by atoms with Crippen LogP contribution >= 0.6 is 27.3 Å². The van der Waals surface area contributed by atoms with Crippen LogP contribution in [0.25, 0.3) is 10.2 Å². The number of amides is 1. The topological polar surface area (TPSA) is 98.0 Å². The normalized spacial score (nSPS) is 17.2. The molecule has 1 aromatic carbocycles. The number of carbonyl (C=O) groups excluding carboxylic acids is 2. The fraction of sp³-hybridized carbons (Fsp3) is 0.471. The van der Waals surface area contributed by atoms with Gasteiger partial charge in [0.15, 0.2) is 4.80 Å². The molecular formula is C17H20BrN3O5S2. The Hall–Kier alpha value is -1.56. The van der Waals surface area contributed by atoms with Crippen LogP contribution in [0.15, 0.2) is 27.7 Å². The highest BCUT2D eigenvalue weighted by Crippen LogP contribution is 2.23. The van der Waals surface area contributed by atoms with Gasteiger partial charge in [0.2, 0.25) is 10.0 Å². The quantitative estimate of drug-likeness (QED) is 0.609. The van der Waals surface area contributed by atoms with Crippen molar-refractivity contribution >= 4 is 59.4 Å². The van der Waals surface area contributed by atoms with Gasteiger partial charge in [-0.15, -0.1) is 0 Å². The van der Waals surface area contributed by atoms with Gasteiger partial charge in [-0.05, 0) is 31.0 Å². The highest BCUT2D eigenvalue weighted by atomic mass is 79.9. The summed E-state index contributed by atoms with van der Waals surface area (Å²) < 4.78 is 32.8. The molecule has 1 aliphatic rings. The third-order valence-corrected chi connectivity index (χ3v) is 7.48. The molecule has 1 saturated heterocycles. The molecule has 3 rings (SSSR count). The molecule has 8 nitrogen and oxygen atoms in total. The number of esters is 1. The van der Waals surface area contributed by atoms with E-state index in [1.54, 1.807) is 4.57 Å². The molecule has 2 aromatic rings. The molecule has 0 N–H and O–H groups in total. The molecular weight excluding hydrogens is 470 g/mol. The van der Waals surface area contributed by atoms with Crippen molar-refractivity contribution in [3.8, 4) is 0 Å². The summed E-state index contributed by atoms with van der Waals surface area (Å²) in [5.41, 5.74) is 0.789. The lowest BCUT2D eigenvalue weighted by Gasteiger charge is -2.28. The molecule has 0 saturated carbocycles. The van der Waals surface area contributed by atoms with E-state index in [1.165, 1.54) is 29.0 Å². The van der Waals surface area contributed by atoms with Crippen LogP contribution in [-0.4, -0.2) is 55.6 Å². The monoisotopic (exact) mass is 489 g/mol. The van der Waals surface area contributed by atoms with Gasteiger partial charge < -0.3 is 9.30 Å². The Morgan fingerprint density at radius 3 is 2.61 bits per heavy atom. The van der Waals surface area contributed by atoms with Crippen LogP contribution in [0.5, 0.6) is 0 Å². The smallest absolute Gasteiger partial charge is 0.325 e. The minimum absolute atomic E-state index is 0.0449. The number of thiazole rings is 1. The molecule has 0 atom stereocenters. The second-order valence-corrected chi connectivity index (χ2v) is 10.5. The first-order chi connectivity index (χ1) is 13.2. The van der Waals surface area contributed by atoms with Gasteiger partial charge in [-0.3, -0.25) is 9.59 Å². The van der Waals surface area contributed by atoms with E-state index in [-0.39, 0.29) is 18.4 Å². The number of methoxy groups -OCH3 is 1. The molecule has 28 heavy (non-hydrogen) atoms. The second kappa shape index (κ2) is 8.44. The molecule has 0 radical (unpaired) electrons. The van der Waals surface area contributed by atoms with Crippen molar-refractivity contribution in [2.45, 2.75) is 19.4 Å². The third kappa shape index (κ3) is 4.70. The maximum absolute atomic E-state index is 12.7. The Bertz CT molecular complexity index is 1080. The van der Waals surface area contributed by atoms with E-state index in [2.05, 4.69) is 20.9 Å². The fourth-order valence-corrected chi connectivity index (χ4v) is 5.56. The van der Waals surface area contributed by atoms with Gasteiger partial charge in [-0.25, -0.2) is 12.7 Å². The van der Waals surface area contributed by atoms with Crippen molar-refractivity contribution in [3.05, 3.63) is 27.5 Å². The Labute approximate surface area is 175 Å². The van der Waals surface area contributed by atoms with Crippen molar-refractivity contribution in [2.24, 2.45) is 10.9 Å². The summed E-state index contributed by atoms with van der Waals surface area (Å²) in [6.45, 7) is 0.579. The Morgan fingerprint density at radius 1 is 1.32 bits per heavy atom. The van der Waals surface area contributed by atoms with Crippen LogP contribution in [0.1, 0.15) is 12.8 Å². The number of carbonyl (C=O) groups is 2. The zero-order valence-electron chi connectivity index (χ0n) is 15.4. The van der Waals surface area contributed by atoms with Gasteiger partial charge in [0.05, 0.1) is 23.6 Å². The summed E-state index contributed by atoms with van der Waals surface area (Å²) >= 11 is 4.74. The number of halogens is 1. The maximum atomic E-state index is 12.7. The molecule has 1 amide bonds. The van der Waals surface area contributed by atoms with Crippen LogP contribution in [0.4, 0.5) is 0 Å². The first-order valence-electron chi connectivity index (χ1n) is 8.58. The number of fused-ring (bicyclic) bond motifs is 1. The average molecular weight is 490 g/mol. The lowest BCUT2D eigenvalue weighted by molar-refractivity contribution is -0.141. The summed E-state index contributed by atoms with van der Waals surface area (Å²) in [6.07, 6.45) is 2.04. The molecule has 1 aromatic heterocycles. The number of piperidine rings is 1. The van der Waals surface area contributed by atoms with E-state index in [1.807, 2.05) is 18.2 Å². The second-order valence-electron chi connectivity index (χ2n) is 6.55.